The number of hydrogen-bond donors (Lipinski definition) is 0. The van der Waals surface area contributed by atoms with Gasteiger partial charge in [0.2, 0.25) is 5.24 Å². The fraction of sp³-hybridized carbons (Fsp3) is 0.214. The Morgan fingerprint density at radius 3 is 1.59 bits per heavy atom. The van der Waals surface area contributed by atoms with Crippen LogP contribution in [0.2, 0.25) is 0 Å². The summed E-state index contributed by atoms with van der Waals surface area (Å²) in [5.41, 5.74) is 0. The third-order valence-electron chi connectivity index (χ3n) is 1.56. The molecule has 0 saturated heterocycles. The Labute approximate surface area is 119 Å². The summed E-state index contributed by atoms with van der Waals surface area (Å²) < 4.78 is 0. The maximum absolute atomic E-state index is 9.81. The molecule has 17 heavy (non-hydrogen) atoms. The van der Waals surface area contributed by atoms with Crippen LogP contribution in [0.15, 0.2) is 60.7 Å². The summed E-state index contributed by atoms with van der Waals surface area (Å²) in [6.45, 7) is 1.92. The average molecular weight is 293 g/mol. The molecular formula is C14H17ClFeO-6. The Balaban J connectivity index is 0. The minimum Gasteiger partial charge on any atom is -0.748 e. The molecule has 1 nitrogen and oxygen atoms in total. The van der Waals surface area contributed by atoms with Crippen molar-refractivity contribution in [2.75, 3.05) is 0 Å². The van der Waals surface area contributed by atoms with Crippen molar-refractivity contribution in [3.8, 4) is 0 Å². The Kier molecular flexibility index (Phi) is 16.6. The van der Waals surface area contributed by atoms with Crippen LogP contribution in [-0.2, 0) is 21.9 Å². The normalized spacial score (nSPS) is 7.65. The molecule has 0 saturated carbocycles. The van der Waals surface area contributed by atoms with Crippen LogP contribution >= 0.6 is 11.6 Å². The first kappa shape index (κ1) is 18.5. The molecule has 0 heterocycles. The number of carbonyl (C=O) groups excluding carboxylic acids is 1. The van der Waals surface area contributed by atoms with Gasteiger partial charge in [0.15, 0.2) is 0 Å². The Morgan fingerprint density at radius 2 is 1.47 bits per heavy atom. The minimum absolute atomic E-state index is 0. The fourth-order valence-electron chi connectivity index (χ4n) is 0.838. The molecular weight excluding hydrogens is 275 g/mol. The topological polar surface area (TPSA) is 17.1 Å². The second-order valence-electron chi connectivity index (χ2n) is 3.03. The monoisotopic (exact) mass is 292 g/mol. The summed E-state index contributed by atoms with van der Waals surface area (Å²) in [7, 11) is 0. The maximum atomic E-state index is 9.81. The average Bonchev–Trinajstić information content (AvgIpc) is 2.98. The molecule has 0 radical (unpaired) electrons. The zero-order valence-corrected chi connectivity index (χ0v) is 11.7. The molecule has 2 aromatic rings. The zero-order chi connectivity index (χ0) is 12.1. The second-order valence-corrected chi connectivity index (χ2v) is 3.45. The molecule has 0 aliphatic rings. The molecule has 0 N–H and O–H groups in total. The van der Waals surface area contributed by atoms with Crippen molar-refractivity contribution in [3.63, 3.8) is 0 Å². The van der Waals surface area contributed by atoms with Gasteiger partial charge < -0.3 is 30.3 Å². The molecule has 0 atom stereocenters. The van der Waals surface area contributed by atoms with Crippen molar-refractivity contribution in [3.05, 3.63) is 60.7 Å². The van der Waals surface area contributed by atoms with E-state index in [4.69, 9.17) is 11.6 Å². The van der Waals surface area contributed by atoms with Gasteiger partial charge in [0.1, 0.15) is 0 Å². The van der Waals surface area contributed by atoms with Crippen LogP contribution in [0.25, 0.3) is 0 Å². The van der Waals surface area contributed by atoms with Crippen molar-refractivity contribution in [2.24, 2.45) is 0 Å². The van der Waals surface area contributed by atoms with Crippen LogP contribution in [0.5, 0.6) is 0 Å². The summed E-state index contributed by atoms with van der Waals surface area (Å²) in [6.07, 6.45) is 1.35. The van der Waals surface area contributed by atoms with Crippen LogP contribution in [0, 0.1) is 0 Å². The van der Waals surface area contributed by atoms with E-state index in [1.807, 2.05) is 67.6 Å². The van der Waals surface area contributed by atoms with E-state index in [0.717, 1.165) is 6.42 Å². The fourth-order valence-corrected chi connectivity index (χ4v) is 1.03. The van der Waals surface area contributed by atoms with E-state index >= 15 is 0 Å². The van der Waals surface area contributed by atoms with Crippen LogP contribution in [0.4, 0.5) is 0 Å². The SMILES string of the molecule is CCCC(=O)Cl.[Fe].[cH-]1[cH-][cH-][cH-][cH-]1.c1cc[cH-]c1. The molecule has 0 amide bonds. The van der Waals surface area contributed by atoms with Gasteiger partial charge in [-0.3, -0.25) is 4.79 Å². The molecule has 2 aromatic carbocycles. The van der Waals surface area contributed by atoms with Crippen molar-refractivity contribution < 1.29 is 21.9 Å². The molecule has 100 valence electrons. The van der Waals surface area contributed by atoms with E-state index in [0.29, 0.717) is 6.42 Å². The van der Waals surface area contributed by atoms with Gasteiger partial charge in [0.05, 0.1) is 0 Å². The van der Waals surface area contributed by atoms with Crippen molar-refractivity contribution in [1.29, 1.82) is 0 Å². The number of carbonyl (C=O) groups is 1. The Hall–Kier alpha value is -0.821. The van der Waals surface area contributed by atoms with E-state index in [9.17, 15) is 4.79 Å². The van der Waals surface area contributed by atoms with Crippen molar-refractivity contribution in [1.82, 2.24) is 0 Å². The third-order valence-corrected chi connectivity index (χ3v) is 1.75. The summed E-state index contributed by atoms with van der Waals surface area (Å²) in [6, 6.07) is 20.0. The van der Waals surface area contributed by atoms with Crippen LogP contribution in [-0.4, -0.2) is 5.24 Å². The van der Waals surface area contributed by atoms with E-state index in [1.165, 1.54) is 0 Å². The molecule has 2 rings (SSSR count). The summed E-state index contributed by atoms with van der Waals surface area (Å²) in [4.78, 5) is 9.81. The summed E-state index contributed by atoms with van der Waals surface area (Å²) >= 11 is 4.94. The van der Waals surface area contributed by atoms with Gasteiger partial charge in [-0.15, -0.1) is 0 Å². The van der Waals surface area contributed by atoms with Crippen LogP contribution in [0.1, 0.15) is 19.8 Å². The Morgan fingerprint density at radius 1 is 1.06 bits per heavy atom. The summed E-state index contributed by atoms with van der Waals surface area (Å²) in [5.74, 6) is 0. The number of rotatable bonds is 2. The predicted octanol–water partition coefficient (Wildman–Crippen LogP) is 4.36. The quantitative estimate of drug-likeness (QED) is 0.456. The number of hydrogen-bond acceptors (Lipinski definition) is 1. The maximum Gasteiger partial charge on any atom is 0.221 e. The smallest absolute Gasteiger partial charge is 0.221 e. The first-order valence-electron chi connectivity index (χ1n) is 5.29. The largest absolute Gasteiger partial charge is 0.748 e. The van der Waals surface area contributed by atoms with Gasteiger partial charge >= 0.3 is 0 Å². The van der Waals surface area contributed by atoms with E-state index < -0.39 is 0 Å². The molecule has 3 heteroatoms. The first-order valence-corrected chi connectivity index (χ1v) is 5.67. The predicted molar refractivity (Wildman–Crippen MR) is 69.8 cm³/mol. The second kappa shape index (κ2) is 15.2. The van der Waals surface area contributed by atoms with Crippen LogP contribution in [0.3, 0.4) is 0 Å². The molecule has 0 aliphatic carbocycles. The number of halogens is 1. The van der Waals surface area contributed by atoms with Gasteiger partial charge in [0, 0.05) is 23.5 Å². The van der Waals surface area contributed by atoms with Crippen molar-refractivity contribution >= 4 is 16.8 Å². The Bertz CT molecular complexity index is 253. The molecule has 0 fully saturated rings. The minimum atomic E-state index is -0.238. The van der Waals surface area contributed by atoms with E-state index in [2.05, 4.69) is 0 Å². The first-order chi connectivity index (χ1) is 7.77. The standard InChI is InChI=1S/2C5H5.C4H7ClO.Fe/c2*1-2-4-5-3-1;1-2-3-4(5)6;/h2*1-5H;2-3H2,1H3;/q-5;-1;;. The van der Waals surface area contributed by atoms with E-state index in [-0.39, 0.29) is 22.3 Å². The molecule has 0 aliphatic heterocycles. The van der Waals surface area contributed by atoms with Crippen molar-refractivity contribution in [2.45, 2.75) is 19.8 Å². The van der Waals surface area contributed by atoms with Gasteiger partial charge in [0.25, 0.3) is 0 Å². The van der Waals surface area contributed by atoms with Gasteiger partial charge in [-0.25, -0.2) is 12.1 Å². The zero-order valence-electron chi connectivity index (χ0n) is 9.83. The van der Waals surface area contributed by atoms with Gasteiger partial charge in [-0.05, 0) is 18.0 Å². The summed E-state index contributed by atoms with van der Waals surface area (Å²) in [5, 5.41) is -0.238. The molecule has 0 spiro atoms. The molecule has 0 bridgehead atoms. The molecule has 0 aromatic heterocycles. The van der Waals surface area contributed by atoms with Crippen LogP contribution < -0.4 is 0 Å². The molecule has 0 unspecified atom stereocenters. The third kappa shape index (κ3) is 17.8. The van der Waals surface area contributed by atoms with Gasteiger partial charge in [-0.1, -0.05) is 6.92 Å². The van der Waals surface area contributed by atoms with Gasteiger partial charge in [-0.2, -0.15) is 18.2 Å². The van der Waals surface area contributed by atoms with E-state index in [1.54, 1.807) is 0 Å².